The summed E-state index contributed by atoms with van der Waals surface area (Å²) >= 11 is 0. The van der Waals surface area contributed by atoms with Crippen LogP contribution in [0.4, 0.5) is 0 Å². The molecule has 2 aromatic rings. The molecule has 0 aliphatic carbocycles. The number of benzene rings is 2. The minimum Gasteiger partial charge on any atom is -0.508 e. The molecule has 0 fully saturated rings. The molecular formula is C14H14O4. The molecule has 0 bridgehead atoms. The van der Waals surface area contributed by atoms with Gasteiger partial charge in [-0.25, -0.2) is 0 Å². The van der Waals surface area contributed by atoms with Crippen LogP contribution in [0.5, 0.6) is 11.5 Å². The quantitative estimate of drug-likeness (QED) is 0.666. The fourth-order valence-corrected chi connectivity index (χ4v) is 1.82. The van der Waals surface area contributed by atoms with Crippen molar-refractivity contribution in [3.05, 3.63) is 59.7 Å². The van der Waals surface area contributed by atoms with Gasteiger partial charge in [-0.2, -0.15) is 0 Å². The summed E-state index contributed by atoms with van der Waals surface area (Å²) in [6, 6.07) is 12.4. The molecule has 2 rings (SSSR count). The number of hydrogen-bond acceptors (Lipinski definition) is 4. The van der Waals surface area contributed by atoms with Gasteiger partial charge in [0.2, 0.25) is 0 Å². The van der Waals surface area contributed by atoms with E-state index >= 15 is 0 Å². The van der Waals surface area contributed by atoms with E-state index in [1.807, 2.05) is 0 Å². The molecule has 2 atom stereocenters. The van der Waals surface area contributed by atoms with Gasteiger partial charge in [0.15, 0.2) is 0 Å². The first-order chi connectivity index (χ1) is 8.61. The lowest BCUT2D eigenvalue weighted by Crippen LogP contribution is -2.10. The van der Waals surface area contributed by atoms with E-state index in [1.165, 1.54) is 24.3 Å². The van der Waals surface area contributed by atoms with Crippen LogP contribution in [-0.4, -0.2) is 20.4 Å². The molecule has 2 aromatic carbocycles. The predicted octanol–water partition coefficient (Wildman–Crippen LogP) is 1.86. The minimum absolute atomic E-state index is 0.0977. The van der Waals surface area contributed by atoms with Crippen LogP contribution < -0.4 is 0 Å². The number of para-hydroxylation sites is 2. The van der Waals surface area contributed by atoms with E-state index in [-0.39, 0.29) is 22.6 Å². The average molecular weight is 246 g/mol. The Bertz CT molecular complexity index is 489. The van der Waals surface area contributed by atoms with Crippen molar-refractivity contribution in [2.45, 2.75) is 12.2 Å². The van der Waals surface area contributed by atoms with Crippen molar-refractivity contribution in [1.82, 2.24) is 0 Å². The van der Waals surface area contributed by atoms with E-state index in [0.29, 0.717) is 0 Å². The molecule has 94 valence electrons. The predicted molar refractivity (Wildman–Crippen MR) is 66.1 cm³/mol. The molecule has 4 N–H and O–H groups in total. The smallest absolute Gasteiger partial charge is 0.121 e. The normalized spacial score (nSPS) is 14.1. The SMILES string of the molecule is Oc1ccccc1[C@H](O)[C@@H](O)c1ccccc1O. The molecule has 0 unspecified atom stereocenters. The Morgan fingerprint density at radius 2 is 0.944 bits per heavy atom. The third-order valence-electron chi connectivity index (χ3n) is 2.81. The lowest BCUT2D eigenvalue weighted by Gasteiger charge is -2.20. The van der Waals surface area contributed by atoms with Gasteiger partial charge < -0.3 is 20.4 Å². The van der Waals surface area contributed by atoms with Crippen molar-refractivity contribution in [2.24, 2.45) is 0 Å². The molecule has 0 aliphatic heterocycles. The lowest BCUT2D eigenvalue weighted by atomic mass is 9.97. The van der Waals surface area contributed by atoms with E-state index in [9.17, 15) is 20.4 Å². The van der Waals surface area contributed by atoms with Crippen molar-refractivity contribution in [3.63, 3.8) is 0 Å². The maximum Gasteiger partial charge on any atom is 0.121 e. The Labute approximate surface area is 104 Å². The van der Waals surface area contributed by atoms with Crippen LogP contribution in [0.2, 0.25) is 0 Å². The van der Waals surface area contributed by atoms with Gasteiger partial charge >= 0.3 is 0 Å². The zero-order chi connectivity index (χ0) is 13.1. The maximum absolute atomic E-state index is 10.0. The first-order valence-corrected chi connectivity index (χ1v) is 5.53. The van der Waals surface area contributed by atoms with Gasteiger partial charge in [0.25, 0.3) is 0 Å². The number of phenolic OH excluding ortho intramolecular Hbond substituents is 2. The molecule has 0 saturated heterocycles. The van der Waals surface area contributed by atoms with Gasteiger partial charge in [-0.1, -0.05) is 36.4 Å². The number of phenols is 2. The molecule has 4 nitrogen and oxygen atoms in total. The first-order valence-electron chi connectivity index (χ1n) is 5.53. The van der Waals surface area contributed by atoms with Gasteiger partial charge in [0, 0.05) is 11.1 Å². The maximum atomic E-state index is 10.0. The second-order valence-electron chi connectivity index (χ2n) is 4.01. The lowest BCUT2D eigenvalue weighted by molar-refractivity contribution is 0.0145. The van der Waals surface area contributed by atoms with E-state index in [2.05, 4.69) is 0 Å². The number of hydrogen-bond donors (Lipinski definition) is 4. The highest BCUT2D eigenvalue weighted by Gasteiger charge is 2.24. The number of aliphatic hydroxyl groups is 2. The topological polar surface area (TPSA) is 80.9 Å². The summed E-state index contributed by atoms with van der Waals surface area (Å²) in [7, 11) is 0. The summed E-state index contributed by atoms with van der Waals surface area (Å²) in [5.41, 5.74) is 0.432. The van der Waals surface area contributed by atoms with Gasteiger partial charge in [-0.15, -0.1) is 0 Å². The van der Waals surface area contributed by atoms with Crippen LogP contribution in [0.1, 0.15) is 23.3 Å². The van der Waals surface area contributed by atoms with E-state index in [4.69, 9.17) is 0 Å². The third-order valence-corrected chi connectivity index (χ3v) is 2.81. The standard InChI is InChI=1S/C14H14O4/c15-11-7-3-1-5-9(11)13(17)14(18)10-6-2-4-8-12(10)16/h1-8,13-18H/t13-,14-/m0/s1. The summed E-state index contributed by atoms with van der Waals surface area (Å²) in [6.07, 6.45) is -2.61. The largest absolute Gasteiger partial charge is 0.508 e. The van der Waals surface area contributed by atoms with Gasteiger partial charge in [0.1, 0.15) is 23.7 Å². The first kappa shape index (κ1) is 12.4. The summed E-state index contributed by atoms with van der Waals surface area (Å²) in [6.45, 7) is 0. The van der Waals surface area contributed by atoms with Gasteiger partial charge in [0.05, 0.1) is 0 Å². The molecule has 0 heterocycles. The molecule has 0 spiro atoms. The Morgan fingerprint density at radius 3 is 1.28 bits per heavy atom. The molecule has 0 amide bonds. The van der Waals surface area contributed by atoms with Crippen LogP contribution in [0.15, 0.2) is 48.5 Å². The highest BCUT2D eigenvalue weighted by molar-refractivity contribution is 5.39. The van der Waals surface area contributed by atoms with Crippen LogP contribution in [-0.2, 0) is 0 Å². The second-order valence-corrected chi connectivity index (χ2v) is 4.01. The number of aliphatic hydroxyl groups excluding tert-OH is 2. The van der Waals surface area contributed by atoms with Crippen LogP contribution in [0.25, 0.3) is 0 Å². The van der Waals surface area contributed by atoms with E-state index < -0.39 is 12.2 Å². The highest BCUT2D eigenvalue weighted by atomic mass is 16.3. The molecule has 18 heavy (non-hydrogen) atoms. The second kappa shape index (κ2) is 5.08. The van der Waals surface area contributed by atoms with Crippen molar-refractivity contribution in [3.8, 4) is 11.5 Å². The Hall–Kier alpha value is -2.04. The summed E-state index contributed by atoms with van der Waals surface area (Å²) in [5, 5.41) is 39.3. The van der Waals surface area contributed by atoms with Crippen molar-refractivity contribution in [1.29, 1.82) is 0 Å². The summed E-state index contributed by atoms with van der Waals surface area (Å²) in [5.74, 6) is -0.195. The van der Waals surface area contributed by atoms with Gasteiger partial charge in [-0.3, -0.25) is 0 Å². The van der Waals surface area contributed by atoms with Crippen molar-refractivity contribution in [2.75, 3.05) is 0 Å². The van der Waals surface area contributed by atoms with E-state index in [1.54, 1.807) is 24.3 Å². The average Bonchev–Trinajstić information content (AvgIpc) is 2.38. The zero-order valence-electron chi connectivity index (χ0n) is 9.56. The molecule has 0 aromatic heterocycles. The molecular weight excluding hydrogens is 232 g/mol. The summed E-state index contributed by atoms with van der Waals surface area (Å²) < 4.78 is 0. The van der Waals surface area contributed by atoms with Crippen LogP contribution >= 0.6 is 0 Å². The fraction of sp³-hybridized carbons (Fsp3) is 0.143. The number of aromatic hydroxyl groups is 2. The van der Waals surface area contributed by atoms with Crippen molar-refractivity contribution < 1.29 is 20.4 Å². The van der Waals surface area contributed by atoms with Crippen LogP contribution in [0, 0.1) is 0 Å². The van der Waals surface area contributed by atoms with Crippen LogP contribution in [0.3, 0.4) is 0 Å². The minimum atomic E-state index is -1.31. The fourth-order valence-electron chi connectivity index (χ4n) is 1.82. The zero-order valence-corrected chi connectivity index (χ0v) is 9.56. The molecule has 4 heteroatoms. The Kier molecular flexibility index (Phi) is 3.50. The monoisotopic (exact) mass is 246 g/mol. The van der Waals surface area contributed by atoms with Gasteiger partial charge in [-0.05, 0) is 12.1 Å². The Balaban J connectivity index is 2.33. The van der Waals surface area contributed by atoms with E-state index in [0.717, 1.165) is 0 Å². The third kappa shape index (κ3) is 2.30. The Morgan fingerprint density at radius 1 is 0.611 bits per heavy atom. The highest BCUT2D eigenvalue weighted by Crippen LogP contribution is 2.36. The van der Waals surface area contributed by atoms with Crippen molar-refractivity contribution >= 4 is 0 Å². The molecule has 0 radical (unpaired) electrons. The molecule has 0 saturated carbocycles. The summed E-state index contributed by atoms with van der Waals surface area (Å²) in [4.78, 5) is 0. The molecule has 0 aliphatic rings. The number of rotatable bonds is 3.